The molecule has 4 heterocycles. The molecule has 2 aliphatic heterocycles. The summed E-state index contributed by atoms with van der Waals surface area (Å²) in [5.74, 6) is 1.79. The number of carbonyl (C=O) groups excluding carboxylic acids is 1. The van der Waals surface area contributed by atoms with E-state index in [9.17, 15) is 4.79 Å². The second kappa shape index (κ2) is 7.31. The van der Waals surface area contributed by atoms with Gasteiger partial charge in [-0.25, -0.2) is 14.6 Å². The zero-order valence-electron chi connectivity index (χ0n) is 15.0. The zero-order valence-corrected chi connectivity index (χ0v) is 15.0. The molecule has 4 rings (SSSR count). The van der Waals surface area contributed by atoms with Gasteiger partial charge in [-0.05, 0) is 31.9 Å². The van der Waals surface area contributed by atoms with Crippen LogP contribution in [0.3, 0.4) is 0 Å². The van der Waals surface area contributed by atoms with E-state index >= 15 is 0 Å². The summed E-state index contributed by atoms with van der Waals surface area (Å²) in [5, 5.41) is 4.06. The minimum Gasteiger partial charge on any atom is -0.485 e. The van der Waals surface area contributed by atoms with E-state index < -0.39 is 0 Å². The molecule has 0 spiro atoms. The third-order valence-corrected chi connectivity index (χ3v) is 5.10. The number of ether oxygens (including phenoxy) is 1. The van der Waals surface area contributed by atoms with Crippen LogP contribution in [0.4, 0.5) is 5.82 Å². The standard InChI is InChI=1S/C18H24N6O2/c1-14(24-13-19-12-21-24)18(25)23-10-6-15(11-23)26-16-5-4-7-20-17(16)22-8-2-3-9-22/h4-5,7,12-15H,2-3,6,8-11H2,1H3. The van der Waals surface area contributed by atoms with Crippen molar-refractivity contribution in [2.24, 2.45) is 0 Å². The van der Waals surface area contributed by atoms with E-state index in [0.29, 0.717) is 13.1 Å². The number of hydrogen-bond acceptors (Lipinski definition) is 6. The van der Waals surface area contributed by atoms with Crippen LogP contribution in [0.1, 0.15) is 32.2 Å². The summed E-state index contributed by atoms with van der Waals surface area (Å²) in [5.41, 5.74) is 0. The highest BCUT2D eigenvalue weighted by atomic mass is 16.5. The molecule has 2 aliphatic rings. The van der Waals surface area contributed by atoms with Gasteiger partial charge in [0.1, 0.15) is 24.8 Å². The van der Waals surface area contributed by atoms with E-state index in [-0.39, 0.29) is 18.1 Å². The summed E-state index contributed by atoms with van der Waals surface area (Å²) in [6, 6.07) is 3.53. The Balaban J connectivity index is 1.40. The predicted molar refractivity (Wildman–Crippen MR) is 96.0 cm³/mol. The number of amides is 1. The van der Waals surface area contributed by atoms with Gasteiger partial charge in [0.25, 0.3) is 0 Å². The normalized spacial score (nSPS) is 21.2. The Hall–Kier alpha value is -2.64. The van der Waals surface area contributed by atoms with Gasteiger partial charge in [0.15, 0.2) is 11.6 Å². The number of likely N-dealkylation sites (tertiary alicyclic amines) is 1. The van der Waals surface area contributed by atoms with Crippen LogP contribution in [0.25, 0.3) is 0 Å². The topological polar surface area (TPSA) is 76.4 Å². The van der Waals surface area contributed by atoms with Crippen molar-refractivity contribution in [1.29, 1.82) is 0 Å². The molecule has 0 radical (unpaired) electrons. The molecule has 1 amide bonds. The van der Waals surface area contributed by atoms with Gasteiger partial charge >= 0.3 is 0 Å². The summed E-state index contributed by atoms with van der Waals surface area (Å²) in [6.07, 6.45) is 8.04. The van der Waals surface area contributed by atoms with Crippen molar-refractivity contribution >= 4 is 11.7 Å². The Kier molecular flexibility index (Phi) is 4.73. The lowest BCUT2D eigenvalue weighted by Crippen LogP contribution is -2.36. The first-order valence-electron chi connectivity index (χ1n) is 9.22. The molecule has 138 valence electrons. The first-order chi connectivity index (χ1) is 12.7. The largest absolute Gasteiger partial charge is 0.485 e. The number of nitrogens with zero attached hydrogens (tertiary/aromatic N) is 6. The predicted octanol–water partition coefficient (Wildman–Crippen LogP) is 1.51. The van der Waals surface area contributed by atoms with Crippen molar-refractivity contribution in [1.82, 2.24) is 24.6 Å². The highest BCUT2D eigenvalue weighted by Gasteiger charge is 2.32. The van der Waals surface area contributed by atoms with E-state index in [1.807, 2.05) is 30.2 Å². The number of aromatic nitrogens is 4. The molecule has 2 saturated heterocycles. The van der Waals surface area contributed by atoms with Crippen LogP contribution in [0, 0.1) is 0 Å². The van der Waals surface area contributed by atoms with Crippen molar-refractivity contribution in [3.63, 3.8) is 0 Å². The van der Waals surface area contributed by atoms with Crippen LogP contribution in [0.15, 0.2) is 31.0 Å². The van der Waals surface area contributed by atoms with Crippen molar-refractivity contribution in [3.05, 3.63) is 31.0 Å². The molecule has 2 aromatic rings. The van der Waals surface area contributed by atoms with Crippen molar-refractivity contribution in [2.75, 3.05) is 31.1 Å². The highest BCUT2D eigenvalue weighted by molar-refractivity contribution is 5.80. The Morgan fingerprint density at radius 2 is 2.15 bits per heavy atom. The molecule has 0 N–H and O–H groups in total. The van der Waals surface area contributed by atoms with Crippen molar-refractivity contribution in [2.45, 2.75) is 38.3 Å². The molecule has 2 aromatic heterocycles. The quantitative estimate of drug-likeness (QED) is 0.808. The van der Waals surface area contributed by atoms with Gasteiger partial charge in [0.2, 0.25) is 5.91 Å². The average molecular weight is 356 g/mol. The summed E-state index contributed by atoms with van der Waals surface area (Å²) in [6.45, 7) is 5.18. The maximum absolute atomic E-state index is 12.7. The number of anilines is 1. The van der Waals surface area contributed by atoms with Gasteiger partial charge in [-0.15, -0.1) is 0 Å². The third-order valence-electron chi connectivity index (χ3n) is 5.10. The lowest BCUT2D eigenvalue weighted by atomic mass is 10.3. The Labute approximate surface area is 152 Å². The maximum atomic E-state index is 12.7. The maximum Gasteiger partial charge on any atom is 0.247 e. The molecule has 0 aromatic carbocycles. The number of rotatable bonds is 5. The Bertz CT molecular complexity index is 744. The lowest BCUT2D eigenvalue weighted by molar-refractivity contribution is -0.133. The first-order valence-corrected chi connectivity index (χ1v) is 9.22. The van der Waals surface area contributed by atoms with E-state index in [1.54, 1.807) is 11.0 Å². The van der Waals surface area contributed by atoms with Gasteiger partial charge < -0.3 is 14.5 Å². The number of carbonyl (C=O) groups is 1. The van der Waals surface area contributed by atoms with Crippen LogP contribution >= 0.6 is 0 Å². The molecule has 2 atom stereocenters. The highest BCUT2D eigenvalue weighted by Crippen LogP contribution is 2.30. The molecule has 0 aliphatic carbocycles. The molecule has 2 fully saturated rings. The van der Waals surface area contributed by atoms with Crippen molar-refractivity contribution < 1.29 is 9.53 Å². The second-order valence-electron chi connectivity index (χ2n) is 6.88. The SMILES string of the molecule is CC(C(=O)N1CCC(Oc2cccnc2N2CCCC2)C1)n1cncn1. The van der Waals surface area contributed by atoms with Crippen molar-refractivity contribution in [3.8, 4) is 5.75 Å². The summed E-state index contributed by atoms with van der Waals surface area (Å²) in [7, 11) is 0. The fourth-order valence-electron chi connectivity index (χ4n) is 3.64. The number of pyridine rings is 1. The van der Waals surface area contributed by atoms with E-state index in [0.717, 1.165) is 31.1 Å². The monoisotopic (exact) mass is 356 g/mol. The van der Waals surface area contributed by atoms with E-state index in [4.69, 9.17) is 4.74 Å². The molecule has 0 bridgehead atoms. The average Bonchev–Trinajstić information content (AvgIpc) is 3.42. The zero-order chi connectivity index (χ0) is 17.9. The smallest absolute Gasteiger partial charge is 0.247 e. The molecule has 2 unspecified atom stereocenters. The fraction of sp³-hybridized carbons (Fsp3) is 0.556. The fourth-order valence-corrected chi connectivity index (χ4v) is 3.64. The van der Waals surface area contributed by atoms with Gasteiger partial charge in [-0.2, -0.15) is 5.10 Å². The molecular formula is C18H24N6O2. The number of hydrogen-bond donors (Lipinski definition) is 0. The third kappa shape index (κ3) is 3.36. The summed E-state index contributed by atoms with van der Waals surface area (Å²) in [4.78, 5) is 25.2. The van der Waals surface area contributed by atoms with E-state index in [2.05, 4.69) is 20.0 Å². The lowest BCUT2D eigenvalue weighted by Gasteiger charge is -2.23. The van der Waals surface area contributed by atoms with Gasteiger partial charge in [0.05, 0.1) is 6.54 Å². The van der Waals surface area contributed by atoms with Gasteiger partial charge in [0, 0.05) is 32.3 Å². The minimum absolute atomic E-state index is 0.00699. The van der Waals surface area contributed by atoms with Crippen LogP contribution < -0.4 is 9.64 Å². The van der Waals surface area contributed by atoms with Crippen LogP contribution in [-0.2, 0) is 4.79 Å². The molecule has 8 nitrogen and oxygen atoms in total. The molecule has 0 saturated carbocycles. The van der Waals surface area contributed by atoms with Crippen LogP contribution in [-0.4, -0.2) is 62.8 Å². The summed E-state index contributed by atoms with van der Waals surface area (Å²) < 4.78 is 7.82. The van der Waals surface area contributed by atoms with Gasteiger partial charge in [-0.1, -0.05) is 0 Å². The molecular weight excluding hydrogens is 332 g/mol. The Morgan fingerprint density at radius 1 is 1.31 bits per heavy atom. The minimum atomic E-state index is -0.352. The second-order valence-corrected chi connectivity index (χ2v) is 6.88. The van der Waals surface area contributed by atoms with Gasteiger partial charge in [-0.3, -0.25) is 4.79 Å². The van der Waals surface area contributed by atoms with Crippen LogP contribution in [0.2, 0.25) is 0 Å². The van der Waals surface area contributed by atoms with Crippen LogP contribution in [0.5, 0.6) is 5.75 Å². The summed E-state index contributed by atoms with van der Waals surface area (Å²) >= 11 is 0. The molecule has 8 heteroatoms. The Morgan fingerprint density at radius 3 is 2.92 bits per heavy atom. The first kappa shape index (κ1) is 16.8. The molecule has 26 heavy (non-hydrogen) atoms. The van der Waals surface area contributed by atoms with E-state index in [1.165, 1.54) is 19.2 Å².